The Morgan fingerprint density at radius 2 is 1.45 bits per heavy atom. The summed E-state index contributed by atoms with van der Waals surface area (Å²) in [6.45, 7) is 3.23. The molecule has 0 fully saturated rings. The van der Waals surface area contributed by atoms with Crippen molar-refractivity contribution in [2.45, 2.75) is 23.6 Å². The van der Waals surface area contributed by atoms with Gasteiger partial charge in [-0.2, -0.15) is 21.9 Å². The highest BCUT2D eigenvalue weighted by molar-refractivity contribution is 7.86. The molecule has 0 aliphatic heterocycles. The Balaban J connectivity index is 1.66. The molecule has 0 heterocycles. The maximum Gasteiger partial charge on any atom is 0.295 e. The van der Waals surface area contributed by atoms with E-state index >= 15 is 0 Å². The molecule has 5 aromatic carbocycles. The van der Waals surface area contributed by atoms with Crippen LogP contribution in [0.15, 0.2) is 98.9 Å². The number of carbonyl (C=O) groups is 1. The molecule has 5 aromatic rings. The fraction of sp³-hybridized carbons (Fsp3) is 0.0690. The van der Waals surface area contributed by atoms with Gasteiger partial charge in [-0.1, -0.05) is 30.3 Å². The summed E-state index contributed by atoms with van der Waals surface area (Å²) in [6.07, 6.45) is 0. The molecule has 0 saturated heterocycles. The van der Waals surface area contributed by atoms with Crippen molar-refractivity contribution in [2.75, 3.05) is 5.32 Å². The number of aryl methyl sites for hydroxylation is 2. The van der Waals surface area contributed by atoms with Crippen LogP contribution in [0.2, 0.25) is 0 Å². The number of hydrogen-bond acceptors (Lipinski definition) is 8. The van der Waals surface area contributed by atoms with E-state index in [9.17, 15) is 35.8 Å². The number of carbonyl (C=O) groups excluding carboxylic acids is 1. The molecular formula is C29H23N3O8S2. The van der Waals surface area contributed by atoms with Crippen LogP contribution in [-0.2, 0) is 20.2 Å². The maximum atomic E-state index is 12.9. The lowest BCUT2D eigenvalue weighted by molar-refractivity contribution is 0.102. The topological polar surface area (TPSA) is 183 Å². The van der Waals surface area contributed by atoms with Crippen LogP contribution in [0.5, 0.6) is 5.75 Å². The molecular weight excluding hydrogens is 582 g/mol. The van der Waals surface area contributed by atoms with Gasteiger partial charge in [-0.25, -0.2) is 0 Å². The number of hydrogen-bond donors (Lipinski definition) is 4. The molecule has 0 aliphatic rings. The number of amides is 1. The third-order valence-electron chi connectivity index (χ3n) is 6.55. The molecule has 5 rings (SSSR count). The van der Waals surface area contributed by atoms with Crippen LogP contribution in [0.25, 0.3) is 21.5 Å². The summed E-state index contributed by atoms with van der Waals surface area (Å²) in [6, 6.07) is 19.6. The van der Waals surface area contributed by atoms with Gasteiger partial charge in [0.1, 0.15) is 15.5 Å². The summed E-state index contributed by atoms with van der Waals surface area (Å²) in [5, 5.41) is 22.9. The third kappa shape index (κ3) is 5.58. The van der Waals surface area contributed by atoms with E-state index in [0.717, 1.165) is 6.07 Å². The zero-order valence-corrected chi connectivity index (χ0v) is 23.7. The van der Waals surface area contributed by atoms with E-state index < -0.39 is 36.8 Å². The normalized spacial score (nSPS) is 12.3. The van der Waals surface area contributed by atoms with E-state index in [1.807, 2.05) is 0 Å². The van der Waals surface area contributed by atoms with Crippen LogP contribution >= 0.6 is 0 Å². The number of phenols is 1. The van der Waals surface area contributed by atoms with Gasteiger partial charge in [-0.3, -0.25) is 13.9 Å². The Bertz CT molecular complexity index is 2160. The molecule has 214 valence electrons. The van der Waals surface area contributed by atoms with Crippen LogP contribution in [0.4, 0.5) is 17.1 Å². The van der Waals surface area contributed by atoms with Crippen molar-refractivity contribution in [2.24, 2.45) is 10.2 Å². The first-order valence-electron chi connectivity index (χ1n) is 12.3. The van der Waals surface area contributed by atoms with Gasteiger partial charge in [0, 0.05) is 16.3 Å². The fourth-order valence-electron chi connectivity index (χ4n) is 4.67. The molecule has 13 heteroatoms. The quantitative estimate of drug-likeness (QED) is 0.125. The number of aromatic hydroxyl groups is 1. The summed E-state index contributed by atoms with van der Waals surface area (Å²) < 4.78 is 67.8. The van der Waals surface area contributed by atoms with Crippen molar-refractivity contribution in [1.29, 1.82) is 0 Å². The fourth-order valence-corrected chi connectivity index (χ4v) is 6.13. The number of rotatable bonds is 6. The van der Waals surface area contributed by atoms with Crippen molar-refractivity contribution < 1.29 is 35.8 Å². The molecule has 0 bridgehead atoms. The summed E-state index contributed by atoms with van der Waals surface area (Å²) in [4.78, 5) is 12.1. The van der Waals surface area contributed by atoms with Gasteiger partial charge in [-0.15, -0.1) is 5.11 Å². The lowest BCUT2D eigenvalue weighted by atomic mass is 10.0. The minimum atomic E-state index is -4.72. The van der Waals surface area contributed by atoms with Gasteiger partial charge in [0.05, 0.1) is 16.8 Å². The van der Waals surface area contributed by atoms with E-state index in [-0.39, 0.29) is 43.7 Å². The van der Waals surface area contributed by atoms with E-state index in [1.165, 1.54) is 31.2 Å². The second-order valence-electron chi connectivity index (χ2n) is 9.56. The Morgan fingerprint density at radius 3 is 2.12 bits per heavy atom. The van der Waals surface area contributed by atoms with E-state index in [0.29, 0.717) is 16.5 Å². The predicted molar refractivity (Wildman–Crippen MR) is 157 cm³/mol. The van der Waals surface area contributed by atoms with Crippen molar-refractivity contribution in [3.05, 3.63) is 95.6 Å². The number of azo groups is 1. The first kappa shape index (κ1) is 28.8. The van der Waals surface area contributed by atoms with E-state index in [1.54, 1.807) is 55.5 Å². The number of anilines is 1. The molecule has 42 heavy (non-hydrogen) atoms. The van der Waals surface area contributed by atoms with Crippen molar-refractivity contribution in [3.8, 4) is 5.75 Å². The number of phenolic OH excluding ortho intramolecular Hbond substituents is 1. The number of nitrogens with zero attached hydrogens (tertiary/aromatic N) is 2. The third-order valence-corrected chi connectivity index (χ3v) is 8.36. The van der Waals surface area contributed by atoms with E-state index in [2.05, 4.69) is 15.5 Å². The highest BCUT2D eigenvalue weighted by Crippen LogP contribution is 2.44. The second-order valence-corrected chi connectivity index (χ2v) is 12.3. The first-order chi connectivity index (χ1) is 19.7. The standard InChI is InChI=1S/C29H23N3O8S2/c1-16-12-19-8-9-20(15-21(19)25(13-16)42(38,39)40)31-32-27-17(2)14-22-24(41(35,36)37)11-10-23(26(22)28(27)33)30-29(34)18-6-4-3-5-7-18/h3-15,33H,1-2H3,(H,30,34)(H,35,36,37)(H,38,39,40). The summed E-state index contributed by atoms with van der Waals surface area (Å²) in [5.41, 5.74) is 1.41. The van der Waals surface area contributed by atoms with Gasteiger partial charge < -0.3 is 10.4 Å². The Labute approximate surface area is 240 Å². The predicted octanol–water partition coefficient (Wildman–Crippen LogP) is 6.48. The first-order valence-corrected chi connectivity index (χ1v) is 15.2. The minimum absolute atomic E-state index is 0.0547. The summed E-state index contributed by atoms with van der Waals surface area (Å²) in [7, 11) is -9.26. The molecule has 0 unspecified atom stereocenters. The van der Waals surface area contributed by atoms with Gasteiger partial charge in [0.2, 0.25) is 0 Å². The Kier molecular flexibility index (Phi) is 7.28. The largest absolute Gasteiger partial charge is 0.505 e. The second kappa shape index (κ2) is 10.6. The zero-order chi connectivity index (χ0) is 30.4. The van der Waals surface area contributed by atoms with Gasteiger partial charge in [0.25, 0.3) is 26.1 Å². The highest BCUT2D eigenvalue weighted by atomic mass is 32.2. The lowest BCUT2D eigenvalue weighted by Gasteiger charge is -2.15. The maximum absolute atomic E-state index is 12.9. The Morgan fingerprint density at radius 1 is 0.762 bits per heavy atom. The van der Waals surface area contributed by atoms with Crippen LogP contribution in [0.1, 0.15) is 21.5 Å². The Hall–Kier alpha value is -4.69. The molecule has 0 spiro atoms. The van der Waals surface area contributed by atoms with Crippen LogP contribution in [0.3, 0.4) is 0 Å². The molecule has 4 N–H and O–H groups in total. The monoisotopic (exact) mass is 605 g/mol. The summed E-state index contributed by atoms with van der Waals surface area (Å²) in [5.74, 6) is -1.04. The average molecular weight is 606 g/mol. The average Bonchev–Trinajstić information content (AvgIpc) is 2.91. The highest BCUT2D eigenvalue weighted by Gasteiger charge is 2.23. The smallest absolute Gasteiger partial charge is 0.295 e. The lowest BCUT2D eigenvalue weighted by Crippen LogP contribution is -2.12. The minimum Gasteiger partial charge on any atom is -0.505 e. The van der Waals surface area contributed by atoms with Crippen LogP contribution in [-0.4, -0.2) is 37.0 Å². The van der Waals surface area contributed by atoms with Crippen molar-refractivity contribution in [1.82, 2.24) is 0 Å². The van der Waals surface area contributed by atoms with E-state index in [4.69, 9.17) is 0 Å². The van der Waals surface area contributed by atoms with Crippen molar-refractivity contribution in [3.63, 3.8) is 0 Å². The number of nitrogens with one attached hydrogen (secondary N) is 1. The molecule has 1 amide bonds. The molecule has 0 radical (unpaired) electrons. The molecule has 0 aromatic heterocycles. The van der Waals surface area contributed by atoms with Crippen molar-refractivity contribution >= 4 is 64.8 Å². The molecule has 11 nitrogen and oxygen atoms in total. The number of fused-ring (bicyclic) bond motifs is 2. The van der Waals surface area contributed by atoms with Crippen LogP contribution < -0.4 is 5.32 Å². The van der Waals surface area contributed by atoms with Gasteiger partial charge in [-0.05, 0) is 78.9 Å². The molecule has 0 saturated carbocycles. The summed E-state index contributed by atoms with van der Waals surface area (Å²) >= 11 is 0. The molecule has 0 aliphatic carbocycles. The van der Waals surface area contributed by atoms with Crippen LogP contribution in [0, 0.1) is 13.8 Å². The zero-order valence-electron chi connectivity index (χ0n) is 22.1. The molecule has 0 atom stereocenters. The SMILES string of the molecule is Cc1cc(S(=O)(=O)O)c2cc(N=Nc3c(C)cc4c(S(=O)(=O)O)ccc(NC(=O)c5ccccc5)c4c3O)ccc2c1. The van der Waals surface area contributed by atoms with Gasteiger partial charge >= 0.3 is 0 Å². The number of benzene rings is 5. The van der Waals surface area contributed by atoms with Gasteiger partial charge in [0.15, 0.2) is 5.75 Å².